The van der Waals surface area contributed by atoms with Gasteiger partial charge in [0.05, 0.1) is 11.9 Å². The van der Waals surface area contributed by atoms with Gasteiger partial charge in [0.1, 0.15) is 24.7 Å². The number of rotatable bonds is 5. The molecule has 1 aliphatic rings. The summed E-state index contributed by atoms with van der Waals surface area (Å²) >= 11 is 0. The van der Waals surface area contributed by atoms with Crippen molar-refractivity contribution in [1.29, 1.82) is 0 Å². The second kappa shape index (κ2) is 7.96. The summed E-state index contributed by atoms with van der Waals surface area (Å²) in [7, 11) is 0. The second-order valence-electron chi connectivity index (χ2n) is 6.22. The van der Waals surface area contributed by atoms with E-state index in [0.717, 1.165) is 11.3 Å². The van der Waals surface area contributed by atoms with Crippen molar-refractivity contribution in [3.8, 4) is 11.5 Å². The highest BCUT2D eigenvalue weighted by molar-refractivity contribution is 6.03. The van der Waals surface area contributed by atoms with Crippen molar-refractivity contribution in [3.63, 3.8) is 0 Å². The van der Waals surface area contributed by atoms with Gasteiger partial charge in [0.25, 0.3) is 5.91 Å². The summed E-state index contributed by atoms with van der Waals surface area (Å²) in [5.74, 6) is 0.692. The zero-order valence-corrected chi connectivity index (χ0v) is 14.9. The topological polar surface area (TPSA) is 72.5 Å². The minimum absolute atomic E-state index is 0.265. The minimum atomic E-state index is -0.318. The summed E-state index contributed by atoms with van der Waals surface area (Å²) < 4.78 is 23.9. The van der Waals surface area contributed by atoms with Crippen molar-refractivity contribution in [2.45, 2.75) is 6.54 Å². The van der Waals surface area contributed by atoms with Crippen LogP contribution in [0.3, 0.4) is 0 Å². The Morgan fingerprint density at radius 3 is 2.46 bits per heavy atom. The van der Waals surface area contributed by atoms with Crippen LogP contribution < -0.4 is 20.1 Å². The van der Waals surface area contributed by atoms with Gasteiger partial charge in [0, 0.05) is 18.3 Å². The fourth-order valence-corrected chi connectivity index (χ4v) is 2.76. The molecule has 142 valence electrons. The molecule has 3 aromatic rings. The van der Waals surface area contributed by atoms with Gasteiger partial charge in [0.2, 0.25) is 0 Å². The molecule has 0 atom stereocenters. The standard InChI is InChI=1S/C21H18FN3O3/c22-15-3-1-14(2-4-15)12-23-17-5-7-18(24-13-17)21(26)25-16-6-8-19-20(11-16)28-10-9-27-19/h1-8,11,13,23H,9-10,12H2,(H,25,26). The van der Waals surface area contributed by atoms with Gasteiger partial charge in [-0.3, -0.25) is 4.79 Å². The molecular formula is C21H18FN3O3. The molecule has 1 aliphatic heterocycles. The fraction of sp³-hybridized carbons (Fsp3) is 0.143. The molecule has 6 nitrogen and oxygen atoms in total. The summed E-state index contributed by atoms with van der Waals surface area (Å²) in [4.78, 5) is 16.6. The van der Waals surface area contributed by atoms with Crippen molar-refractivity contribution in [2.24, 2.45) is 0 Å². The van der Waals surface area contributed by atoms with Crippen molar-refractivity contribution < 1.29 is 18.7 Å². The number of fused-ring (bicyclic) bond motifs is 1. The number of pyridine rings is 1. The number of carbonyl (C=O) groups excluding carboxylic acids is 1. The first-order valence-electron chi connectivity index (χ1n) is 8.83. The minimum Gasteiger partial charge on any atom is -0.486 e. The zero-order chi connectivity index (χ0) is 19.3. The first-order valence-corrected chi connectivity index (χ1v) is 8.83. The Labute approximate surface area is 161 Å². The highest BCUT2D eigenvalue weighted by atomic mass is 19.1. The SMILES string of the molecule is O=C(Nc1ccc2c(c1)OCCO2)c1ccc(NCc2ccc(F)cc2)cn1. The number of nitrogens with one attached hydrogen (secondary N) is 2. The second-order valence-corrected chi connectivity index (χ2v) is 6.22. The molecule has 1 aromatic heterocycles. The lowest BCUT2D eigenvalue weighted by Gasteiger charge is -2.19. The Hall–Kier alpha value is -3.61. The third-order valence-electron chi connectivity index (χ3n) is 4.21. The number of aromatic nitrogens is 1. The van der Waals surface area contributed by atoms with Crippen LogP contribution in [0.5, 0.6) is 11.5 Å². The number of halogens is 1. The molecule has 0 saturated carbocycles. The number of ether oxygens (including phenoxy) is 2. The summed E-state index contributed by atoms with van der Waals surface area (Å²) in [5, 5.41) is 5.98. The van der Waals surface area contributed by atoms with E-state index in [4.69, 9.17) is 9.47 Å². The maximum Gasteiger partial charge on any atom is 0.274 e. The van der Waals surface area contributed by atoms with Crippen molar-refractivity contribution in [1.82, 2.24) is 4.98 Å². The van der Waals surface area contributed by atoms with E-state index in [1.165, 1.54) is 12.1 Å². The Bertz CT molecular complexity index is 975. The number of hydrogen-bond donors (Lipinski definition) is 2. The average Bonchev–Trinajstić information content (AvgIpc) is 2.73. The van der Waals surface area contributed by atoms with E-state index < -0.39 is 0 Å². The Morgan fingerprint density at radius 1 is 0.964 bits per heavy atom. The maximum absolute atomic E-state index is 12.9. The van der Waals surface area contributed by atoms with Gasteiger partial charge in [-0.15, -0.1) is 0 Å². The number of amides is 1. The summed E-state index contributed by atoms with van der Waals surface area (Å²) in [6.45, 7) is 1.53. The molecule has 0 saturated heterocycles. The Balaban J connectivity index is 1.36. The molecule has 0 radical (unpaired) electrons. The van der Waals surface area contributed by atoms with E-state index in [1.54, 1.807) is 48.7 Å². The van der Waals surface area contributed by atoms with E-state index in [-0.39, 0.29) is 11.7 Å². The third-order valence-corrected chi connectivity index (χ3v) is 4.21. The van der Waals surface area contributed by atoms with Crippen LogP contribution in [0.1, 0.15) is 16.1 Å². The highest BCUT2D eigenvalue weighted by Gasteiger charge is 2.14. The molecule has 0 bridgehead atoms. The largest absolute Gasteiger partial charge is 0.486 e. The van der Waals surface area contributed by atoms with E-state index >= 15 is 0 Å². The van der Waals surface area contributed by atoms with Crippen LogP contribution in [0.4, 0.5) is 15.8 Å². The number of anilines is 2. The van der Waals surface area contributed by atoms with Crippen LogP contribution in [0, 0.1) is 5.82 Å². The average molecular weight is 379 g/mol. The van der Waals surface area contributed by atoms with E-state index in [1.807, 2.05) is 0 Å². The first-order chi connectivity index (χ1) is 13.7. The zero-order valence-electron chi connectivity index (χ0n) is 14.9. The number of hydrogen-bond acceptors (Lipinski definition) is 5. The molecule has 0 unspecified atom stereocenters. The molecule has 0 aliphatic carbocycles. The van der Waals surface area contributed by atoms with Gasteiger partial charge in [-0.2, -0.15) is 0 Å². The van der Waals surface area contributed by atoms with Crippen LogP contribution in [0.15, 0.2) is 60.8 Å². The molecule has 4 rings (SSSR count). The highest BCUT2D eigenvalue weighted by Crippen LogP contribution is 2.32. The third kappa shape index (κ3) is 4.20. The normalized spacial score (nSPS) is 12.3. The predicted octanol–water partition coefficient (Wildman–Crippen LogP) is 3.86. The van der Waals surface area contributed by atoms with Crippen LogP contribution in [0.2, 0.25) is 0 Å². The molecule has 28 heavy (non-hydrogen) atoms. The van der Waals surface area contributed by atoms with Crippen LogP contribution in [-0.2, 0) is 6.54 Å². The number of benzene rings is 2. The smallest absolute Gasteiger partial charge is 0.274 e. The molecule has 2 heterocycles. The van der Waals surface area contributed by atoms with Crippen LogP contribution in [-0.4, -0.2) is 24.1 Å². The molecule has 2 N–H and O–H groups in total. The van der Waals surface area contributed by atoms with E-state index in [9.17, 15) is 9.18 Å². The van der Waals surface area contributed by atoms with Crippen molar-refractivity contribution >= 4 is 17.3 Å². The molecule has 1 amide bonds. The number of nitrogens with zero attached hydrogens (tertiary/aromatic N) is 1. The Morgan fingerprint density at radius 2 is 1.71 bits per heavy atom. The lowest BCUT2D eigenvalue weighted by Crippen LogP contribution is -2.17. The molecule has 0 fully saturated rings. The maximum atomic E-state index is 12.9. The number of carbonyl (C=O) groups is 1. The fourth-order valence-electron chi connectivity index (χ4n) is 2.76. The first kappa shape index (κ1) is 17.8. The molecule has 7 heteroatoms. The lowest BCUT2D eigenvalue weighted by molar-refractivity contribution is 0.102. The van der Waals surface area contributed by atoms with Gasteiger partial charge in [-0.25, -0.2) is 9.37 Å². The lowest BCUT2D eigenvalue weighted by atomic mass is 10.2. The van der Waals surface area contributed by atoms with E-state index in [2.05, 4.69) is 15.6 Å². The monoisotopic (exact) mass is 379 g/mol. The van der Waals surface area contributed by atoms with Gasteiger partial charge < -0.3 is 20.1 Å². The summed E-state index contributed by atoms with van der Waals surface area (Å²) in [6.07, 6.45) is 1.59. The molecular weight excluding hydrogens is 361 g/mol. The van der Waals surface area contributed by atoms with Gasteiger partial charge >= 0.3 is 0 Å². The van der Waals surface area contributed by atoms with Gasteiger partial charge in [-0.05, 0) is 42.0 Å². The predicted molar refractivity (Wildman–Crippen MR) is 103 cm³/mol. The van der Waals surface area contributed by atoms with Crippen LogP contribution in [0.25, 0.3) is 0 Å². The molecule has 2 aromatic carbocycles. The van der Waals surface area contributed by atoms with E-state index in [0.29, 0.717) is 42.6 Å². The van der Waals surface area contributed by atoms with Gasteiger partial charge in [-0.1, -0.05) is 12.1 Å². The Kier molecular flexibility index (Phi) is 5.05. The molecule has 0 spiro atoms. The van der Waals surface area contributed by atoms with Gasteiger partial charge in [0.15, 0.2) is 11.5 Å². The van der Waals surface area contributed by atoms with Crippen LogP contribution >= 0.6 is 0 Å². The van der Waals surface area contributed by atoms with Crippen molar-refractivity contribution in [3.05, 3.63) is 77.9 Å². The summed E-state index contributed by atoms with van der Waals surface area (Å²) in [6, 6.07) is 14.9. The quantitative estimate of drug-likeness (QED) is 0.704. The van der Waals surface area contributed by atoms with Crippen molar-refractivity contribution in [2.75, 3.05) is 23.8 Å². The summed E-state index contributed by atoms with van der Waals surface area (Å²) in [5.41, 5.74) is 2.61.